The number of rotatable bonds is 5. The van der Waals surface area contributed by atoms with Crippen molar-refractivity contribution in [3.63, 3.8) is 0 Å². The average molecular weight is 303 g/mol. The topological polar surface area (TPSA) is 55.8 Å². The highest BCUT2D eigenvalue weighted by atomic mass is 79.9. The molecule has 0 amide bonds. The Morgan fingerprint density at radius 1 is 1.53 bits per heavy atom. The lowest BCUT2D eigenvalue weighted by molar-refractivity contribution is -0.145. The van der Waals surface area contributed by atoms with Crippen LogP contribution >= 0.6 is 15.9 Å². The first-order valence-electron chi connectivity index (χ1n) is 5.25. The molecular weight excluding hydrogens is 288 g/mol. The van der Waals surface area contributed by atoms with Crippen molar-refractivity contribution in [2.75, 3.05) is 13.7 Å². The molecule has 0 spiro atoms. The molecule has 1 N–H and O–H groups in total. The molecule has 0 aliphatic carbocycles. The van der Waals surface area contributed by atoms with Gasteiger partial charge in [0.05, 0.1) is 26.2 Å². The van der Waals surface area contributed by atoms with E-state index in [-0.39, 0.29) is 6.42 Å². The predicted molar refractivity (Wildman–Crippen MR) is 66.9 cm³/mol. The van der Waals surface area contributed by atoms with Crippen molar-refractivity contribution in [1.82, 2.24) is 0 Å². The van der Waals surface area contributed by atoms with Gasteiger partial charge in [0.25, 0.3) is 0 Å². The Hall–Kier alpha value is -1.07. The quantitative estimate of drug-likeness (QED) is 0.849. The van der Waals surface area contributed by atoms with Crippen LogP contribution in [-0.4, -0.2) is 24.8 Å². The number of hydrogen-bond donors (Lipinski definition) is 1. The zero-order valence-corrected chi connectivity index (χ0v) is 11.4. The summed E-state index contributed by atoms with van der Waals surface area (Å²) in [5.41, 5.74) is 0.573. The van der Waals surface area contributed by atoms with Crippen molar-refractivity contribution >= 4 is 21.9 Å². The highest BCUT2D eigenvalue weighted by Gasteiger charge is 2.17. The second-order valence-corrected chi connectivity index (χ2v) is 4.33. The summed E-state index contributed by atoms with van der Waals surface area (Å²) in [5.74, 6) is 0.112. The highest BCUT2D eigenvalue weighted by Crippen LogP contribution is 2.30. The minimum absolute atomic E-state index is 0.0775. The normalized spacial score (nSPS) is 12.0. The van der Waals surface area contributed by atoms with Gasteiger partial charge in [-0.15, -0.1) is 0 Å². The summed E-state index contributed by atoms with van der Waals surface area (Å²) in [7, 11) is 1.52. The van der Waals surface area contributed by atoms with Crippen LogP contribution in [0.25, 0.3) is 0 Å². The van der Waals surface area contributed by atoms with Gasteiger partial charge in [0.1, 0.15) is 5.75 Å². The van der Waals surface area contributed by atoms with Crippen molar-refractivity contribution < 1.29 is 19.4 Å². The van der Waals surface area contributed by atoms with Crippen molar-refractivity contribution in [2.24, 2.45) is 0 Å². The number of benzene rings is 1. The van der Waals surface area contributed by atoms with Gasteiger partial charge in [-0.2, -0.15) is 0 Å². The summed E-state index contributed by atoms with van der Waals surface area (Å²) in [6, 6.07) is 5.24. The standard InChI is InChI=1S/C12H15BrO4/c1-3-17-12(15)7-10(14)9-5-4-8(13)6-11(9)16-2/h4-6,10,14H,3,7H2,1-2H3. The van der Waals surface area contributed by atoms with Crippen LogP contribution in [-0.2, 0) is 9.53 Å². The molecule has 1 aromatic carbocycles. The molecule has 1 unspecified atom stereocenters. The molecule has 0 aliphatic heterocycles. The monoisotopic (exact) mass is 302 g/mol. The molecule has 0 saturated heterocycles. The highest BCUT2D eigenvalue weighted by molar-refractivity contribution is 9.10. The van der Waals surface area contributed by atoms with Crippen LogP contribution in [0.2, 0.25) is 0 Å². The summed E-state index contributed by atoms with van der Waals surface area (Å²) < 4.78 is 10.8. The van der Waals surface area contributed by atoms with Gasteiger partial charge in [-0.1, -0.05) is 22.0 Å². The maximum Gasteiger partial charge on any atom is 0.308 e. The summed E-state index contributed by atoms with van der Waals surface area (Å²) >= 11 is 3.31. The average Bonchev–Trinajstić information content (AvgIpc) is 2.28. The maximum atomic E-state index is 11.3. The Morgan fingerprint density at radius 3 is 2.82 bits per heavy atom. The van der Waals surface area contributed by atoms with Crippen LogP contribution in [0.5, 0.6) is 5.75 Å². The number of ether oxygens (including phenoxy) is 2. The predicted octanol–water partition coefficient (Wildman–Crippen LogP) is 2.44. The number of esters is 1. The third-order valence-corrected chi connectivity index (χ3v) is 2.71. The lowest BCUT2D eigenvalue weighted by Gasteiger charge is -2.14. The van der Waals surface area contributed by atoms with Crippen molar-refractivity contribution in [3.05, 3.63) is 28.2 Å². The molecule has 0 aromatic heterocycles. The molecule has 4 nitrogen and oxygen atoms in total. The van der Waals surface area contributed by atoms with Crippen molar-refractivity contribution in [2.45, 2.75) is 19.4 Å². The van der Waals surface area contributed by atoms with Crippen LogP contribution in [0, 0.1) is 0 Å². The van der Waals surface area contributed by atoms with Gasteiger partial charge < -0.3 is 14.6 Å². The smallest absolute Gasteiger partial charge is 0.308 e. The van der Waals surface area contributed by atoms with Gasteiger partial charge in [-0.25, -0.2) is 0 Å². The first kappa shape index (κ1) is 14.0. The lowest BCUT2D eigenvalue weighted by Crippen LogP contribution is -2.10. The van der Waals surface area contributed by atoms with Crippen molar-refractivity contribution in [1.29, 1.82) is 0 Å². The van der Waals surface area contributed by atoms with E-state index >= 15 is 0 Å². The van der Waals surface area contributed by atoms with Gasteiger partial charge in [-0.3, -0.25) is 4.79 Å². The van der Waals surface area contributed by atoms with Crippen molar-refractivity contribution in [3.8, 4) is 5.75 Å². The van der Waals surface area contributed by atoms with Crippen LogP contribution in [0.1, 0.15) is 25.0 Å². The van der Waals surface area contributed by atoms with E-state index in [4.69, 9.17) is 9.47 Å². The molecule has 0 bridgehead atoms. The number of hydrogen-bond acceptors (Lipinski definition) is 4. The summed E-state index contributed by atoms with van der Waals surface area (Å²) in [6.45, 7) is 2.04. The second kappa shape index (κ2) is 6.61. The fraction of sp³-hybridized carbons (Fsp3) is 0.417. The van der Waals surface area contributed by atoms with Crippen LogP contribution in [0.15, 0.2) is 22.7 Å². The third-order valence-electron chi connectivity index (χ3n) is 2.22. The molecule has 1 atom stereocenters. The van der Waals surface area contributed by atoms with Gasteiger partial charge in [0.15, 0.2) is 0 Å². The Balaban J connectivity index is 2.81. The Morgan fingerprint density at radius 2 is 2.24 bits per heavy atom. The fourth-order valence-electron chi connectivity index (χ4n) is 1.45. The Labute approximate surface area is 109 Å². The lowest BCUT2D eigenvalue weighted by atomic mass is 10.1. The number of carbonyl (C=O) groups is 1. The van der Waals surface area contributed by atoms with Crippen LogP contribution < -0.4 is 4.74 Å². The SMILES string of the molecule is CCOC(=O)CC(O)c1ccc(Br)cc1OC. The van der Waals surface area contributed by atoms with E-state index < -0.39 is 12.1 Å². The molecule has 1 aromatic rings. The van der Waals surface area contributed by atoms with E-state index in [1.807, 2.05) is 0 Å². The molecule has 5 heteroatoms. The van der Waals surface area contributed by atoms with E-state index in [2.05, 4.69) is 15.9 Å². The zero-order valence-electron chi connectivity index (χ0n) is 9.77. The minimum Gasteiger partial charge on any atom is -0.496 e. The van der Waals surface area contributed by atoms with E-state index in [1.165, 1.54) is 7.11 Å². The first-order valence-corrected chi connectivity index (χ1v) is 6.05. The molecule has 17 heavy (non-hydrogen) atoms. The van der Waals surface area contributed by atoms with Gasteiger partial charge in [0.2, 0.25) is 0 Å². The van der Waals surface area contributed by atoms with Gasteiger partial charge >= 0.3 is 5.97 Å². The first-order chi connectivity index (χ1) is 8.08. The minimum atomic E-state index is -0.919. The zero-order chi connectivity index (χ0) is 12.8. The fourth-order valence-corrected chi connectivity index (χ4v) is 1.79. The molecule has 0 aliphatic rings. The molecule has 0 fully saturated rings. The summed E-state index contributed by atoms with van der Waals surface area (Å²) in [5, 5.41) is 9.92. The van der Waals surface area contributed by atoms with E-state index in [0.29, 0.717) is 17.9 Å². The number of aliphatic hydroxyl groups excluding tert-OH is 1. The third kappa shape index (κ3) is 4.02. The van der Waals surface area contributed by atoms with E-state index in [0.717, 1.165) is 4.47 Å². The van der Waals surface area contributed by atoms with Crippen LogP contribution in [0.3, 0.4) is 0 Å². The second-order valence-electron chi connectivity index (χ2n) is 3.41. The number of carbonyl (C=O) groups excluding carboxylic acids is 1. The Bertz CT molecular complexity index is 392. The molecule has 0 saturated carbocycles. The number of halogens is 1. The Kier molecular flexibility index (Phi) is 5.44. The largest absolute Gasteiger partial charge is 0.496 e. The maximum absolute atomic E-state index is 11.3. The molecular formula is C12H15BrO4. The summed E-state index contributed by atoms with van der Waals surface area (Å²) in [6.07, 6.45) is -0.997. The molecule has 0 radical (unpaired) electrons. The number of aliphatic hydroxyl groups is 1. The molecule has 1 rings (SSSR count). The van der Waals surface area contributed by atoms with Gasteiger partial charge in [-0.05, 0) is 19.1 Å². The van der Waals surface area contributed by atoms with E-state index in [1.54, 1.807) is 25.1 Å². The van der Waals surface area contributed by atoms with E-state index in [9.17, 15) is 9.90 Å². The summed E-state index contributed by atoms with van der Waals surface area (Å²) in [4.78, 5) is 11.3. The molecule has 94 valence electrons. The number of methoxy groups -OCH3 is 1. The van der Waals surface area contributed by atoms with Gasteiger partial charge in [0, 0.05) is 10.0 Å². The van der Waals surface area contributed by atoms with Crippen LogP contribution in [0.4, 0.5) is 0 Å². The molecule has 0 heterocycles.